The number of carbonyl (C=O) groups is 1. The van der Waals surface area contributed by atoms with Crippen molar-refractivity contribution in [2.24, 2.45) is 29.1 Å². The molecule has 0 amide bonds. The Morgan fingerprint density at radius 1 is 1.06 bits per heavy atom. The molecule has 1 heteroatoms. The molecule has 4 rings (SSSR count). The van der Waals surface area contributed by atoms with Gasteiger partial charge in [-0.2, -0.15) is 0 Å². The largest absolute Gasteiger partial charge is 0.294 e. The zero-order valence-corrected chi connectivity index (χ0v) is 10.5. The van der Waals surface area contributed by atoms with Gasteiger partial charge in [0.05, 0.1) is 0 Å². The van der Waals surface area contributed by atoms with E-state index in [0.29, 0.717) is 17.6 Å². The topological polar surface area (TPSA) is 17.1 Å². The quantitative estimate of drug-likeness (QED) is 0.647. The zero-order valence-electron chi connectivity index (χ0n) is 10.5. The average Bonchev–Trinajstić information content (AvgIpc) is 2.23. The SMILES string of the molecule is C=C(C)C(=O)C1(C)C2CC3CC(C2)CC1C3. The van der Waals surface area contributed by atoms with Crippen molar-refractivity contribution in [1.82, 2.24) is 0 Å². The van der Waals surface area contributed by atoms with E-state index in [1.807, 2.05) is 6.92 Å². The Bertz CT molecular complexity index is 324. The Morgan fingerprint density at radius 2 is 1.50 bits per heavy atom. The zero-order chi connectivity index (χ0) is 11.5. The number of hydrogen-bond acceptors (Lipinski definition) is 1. The van der Waals surface area contributed by atoms with Crippen LogP contribution in [0.15, 0.2) is 12.2 Å². The maximum absolute atomic E-state index is 12.5. The monoisotopic (exact) mass is 218 g/mol. The summed E-state index contributed by atoms with van der Waals surface area (Å²) in [6.45, 7) is 8.00. The predicted molar refractivity (Wildman–Crippen MR) is 65.0 cm³/mol. The van der Waals surface area contributed by atoms with E-state index in [1.165, 1.54) is 32.1 Å². The first-order valence-corrected chi connectivity index (χ1v) is 6.72. The van der Waals surface area contributed by atoms with Crippen LogP contribution in [0.1, 0.15) is 46.0 Å². The summed E-state index contributed by atoms with van der Waals surface area (Å²) in [5.41, 5.74) is 0.717. The summed E-state index contributed by atoms with van der Waals surface area (Å²) < 4.78 is 0. The molecule has 0 spiro atoms. The molecule has 4 saturated carbocycles. The minimum Gasteiger partial charge on any atom is -0.294 e. The lowest BCUT2D eigenvalue weighted by molar-refractivity contribution is -0.149. The van der Waals surface area contributed by atoms with Gasteiger partial charge in [0.25, 0.3) is 0 Å². The highest BCUT2D eigenvalue weighted by molar-refractivity contribution is 5.99. The average molecular weight is 218 g/mol. The molecular weight excluding hydrogens is 196 g/mol. The first-order chi connectivity index (χ1) is 7.51. The van der Waals surface area contributed by atoms with Crippen LogP contribution >= 0.6 is 0 Å². The summed E-state index contributed by atoms with van der Waals surface area (Å²) >= 11 is 0. The summed E-state index contributed by atoms with van der Waals surface area (Å²) in [6.07, 6.45) is 6.68. The standard InChI is InChI=1S/C15H22O/c1-9(2)14(16)15(3)12-5-10-4-11(7-12)8-13(15)6-10/h10-13H,1,4-8H2,2-3H3. The highest BCUT2D eigenvalue weighted by atomic mass is 16.1. The molecule has 88 valence electrons. The van der Waals surface area contributed by atoms with Crippen LogP contribution in [-0.2, 0) is 4.79 Å². The fraction of sp³-hybridized carbons (Fsp3) is 0.800. The molecule has 4 fully saturated rings. The van der Waals surface area contributed by atoms with Crippen LogP contribution in [0.4, 0.5) is 0 Å². The lowest BCUT2D eigenvalue weighted by Gasteiger charge is -2.59. The second-order valence-electron chi connectivity index (χ2n) is 6.70. The Balaban J connectivity index is 1.96. The number of rotatable bonds is 2. The number of Topliss-reactive ketones (excluding diaryl/α,β-unsaturated/α-hetero) is 1. The van der Waals surface area contributed by atoms with Crippen LogP contribution in [0.25, 0.3) is 0 Å². The number of ketones is 1. The molecular formula is C15H22O. The molecule has 0 radical (unpaired) electrons. The van der Waals surface area contributed by atoms with Gasteiger partial charge in [-0.1, -0.05) is 13.5 Å². The molecule has 0 N–H and O–H groups in total. The summed E-state index contributed by atoms with van der Waals surface area (Å²) in [5, 5.41) is 0. The first-order valence-electron chi connectivity index (χ1n) is 6.72. The first kappa shape index (κ1) is 10.6. The van der Waals surface area contributed by atoms with E-state index in [9.17, 15) is 4.79 Å². The third-order valence-electron chi connectivity index (χ3n) is 5.71. The van der Waals surface area contributed by atoms with Gasteiger partial charge in [0, 0.05) is 5.41 Å². The smallest absolute Gasteiger partial charge is 0.164 e. The van der Waals surface area contributed by atoms with E-state index < -0.39 is 0 Å². The summed E-state index contributed by atoms with van der Waals surface area (Å²) in [7, 11) is 0. The second kappa shape index (κ2) is 3.21. The highest BCUT2D eigenvalue weighted by Crippen LogP contribution is 2.62. The van der Waals surface area contributed by atoms with Crippen molar-refractivity contribution < 1.29 is 4.79 Å². The van der Waals surface area contributed by atoms with Gasteiger partial charge in [0.2, 0.25) is 0 Å². The molecule has 0 heterocycles. The van der Waals surface area contributed by atoms with Crippen LogP contribution in [0.3, 0.4) is 0 Å². The maximum atomic E-state index is 12.5. The lowest BCUT2D eigenvalue weighted by atomic mass is 9.44. The van der Waals surface area contributed by atoms with E-state index in [4.69, 9.17) is 0 Å². The van der Waals surface area contributed by atoms with Crippen LogP contribution in [0, 0.1) is 29.1 Å². The fourth-order valence-corrected chi connectivity index (χ4v) is 4.99. The van der Waals surface area contributed by atoms with Gasteiger partial charge in [0.1, 0.15) is 0 Å². The molecule has 0 aromatic rings. The van der Waals surface area contributed by atoms with E-state index >= 15 is 0 Å². The van der Waals surface area contributed by atoms with Gasteiger partial charge >= 0.3 is 0 Å². The summed E-state index contributed by atoms with van der Waals surface area (Å²) in [5.74, 6) is 3.56. The molecule has 0 aromatic heterocycles. The van der Waals surface area contributed by atoms with E-state index in [1.54, 1.807) is 0 Å². The predicted octanol–water partition coefficient (Wildman–Crippen LogP) is 3.59. The molecule has 1 nitrogen and oxygen atoms in total. The number of hydrogen-bond donors (Lipinski definition) is 0. The Labute approximate surface area is 98.3 Å². The van der Waals surface area contributed by atoms with Crippen molar-refractivity contribution in [2.75, 3.05) is 0 Å². The summed E-state index contributed by atoms with van der Waals surface area (Å²) in [4.78, 5) is 12.5. The van der Waals surface area contributed by atoms with Gasteiger partial charge in [-0.25, -0.2) is 0 Å². The van der Waals surface area contributed by atoms with E-state index in [-0.39, 0.29) is 5.41 Å². The highest BCUT2D eigenvalue weighted by Gasteiger charge is 2.57. The minimum atomic E-state index is -0.0563. The molecule has 0 saturated heterocycles. The van der Waals surface area contributed by atoms with Crippen LogP contribution in [0.2, 0.25) is 0 Å². The Morgan fingerprint density at radius 3 is 1.88 bits per heavy atom. The van der Waals surface area contributed by atoms with E-state index in [2.05, 4.69) is 13.5 Å². The van der Waals surface area contributed by atoms with Crippen molar-refractivity contribution in [2.45, 2.75) is 46.0 Å². The van der Waals surface area contributed by atoms with Crippen molar-refractivity contribution in [3.05, 3.63) is 12.2 Å². The second-order valence-corrected chi connectivity index (χ2v) is 6.70. The van der Waals surface area contributed by atoms with Crippen LogP contribution in [0.5, 0.6) is 0 Å². The summed E-state index contributed by atoms with van der Waals surface area (Å²) in [6, 6.07) is 0. The van der Waals surface area contributed by atoms with Crippen molar-refractivity contribution in [1.29, 1.82) is 0 Å². The van der Waals surface area contributed by atoms with Gasteiger partial charge in [-0.05, 0) is 68.3 Å². The normalized spacial score (nSPS) is 49.4. The third-order valence-corrected chi connectivity index (χ3v) is 5.71. The molecule has 0 aromatic carbocycles. The Hall–Kier alpha value is -0.590. The minimum absolute atomic E-state index is 0.0563. The van der Waals surface area contributed by atoms with Gasteiger partial charge in [-0.3, -0.25) is 4.79 Å². The molecule has 16 heavy (non-hydrogen) atoms. The number of allylic oxidation sites excluding steroid dienone is 1. The van der Waals surface area contributed by atoms with E-state index in [0.717, 1.165) is 17.4 Å². The van der Waals surface area contributed by atoms with Crippen molar-refractivity contribution in [3.63, 3.8) is 0 Å². The van der Waals surface area contributed by atoms with Crippen LogP contribution in [-0.4, -0.2) is 5.78 Å². The van der Waals surface area contributed by atoms with Crippen molar-refractivity contribution >= 4 is 5.78 Å². The van der Waals surface area contributed by atoms with Gasteiger partial charge in [-0.15, -0.1) is 0 Å². The maximum Gasteiger partial charge on any atom is 0.164 e. The molecule has 0 atom stereocenters. The molecule has 4 aliphatic carbocycles. The fourth-order valence-electron chi connectivity index (χ4n) is 4.99. The number of carbonyl (C=O) groups excluding carboxylic acids is 1. The Kier molecular flexibility index (Phi) is 2.12. The molecule has 4 aliphatic rings. The van der Waals surface area contributed by atoms with Crippen molar-refractivity contribution in [3.8, 4) is 0 Å². The molecule has 0 unspecified atom stereocenters. The van der Waals surface area contributed by atoms with Crippen LogP contribution < -0.4 is 0 Å². The van der Waals surface area contributed by atoms with Gasteiger partial charge < -0.3 is 0 Å². The third kappa shape index (κ3) is 1.20. The lowest BCUT2D eigenvalue weighted by Crippen LogP contribution is -2.55. The van der Waals surface area contributed by atoms with Gasteiger partial charge in [0.15, 0.2) is 5.78 Å². The molecule has 0 aliphatic heterocycles. The molecule has 4 bridgehead atoms.